The van der Waals surface area contributed by atoms with Crippen LogP contribution in [0, 0.1) is 5.92 Å². The summed E-state index contributed by atoms with van der Waals surface area (Å²) in [6.45, 7) is 2.74. The van der Waals surface area contributed by atoms with Crippen LogP contribution in [0.5, 0.6) is 0 Å². The summed E-state index contributed by atoms with van der Waals surface area (Å²) in [6, 6.07) is 9.88. The molecule has 2 atom stereocenters. The first-order chi connectivity index (χ1) is 13.0. The molecule has 3 rings (SSSR count). The van der Waals surface area contributed by atoms with Crippen molar-refractivity contribution >= 4 is 5.91 Å². The number of β-amino-alcohol motifs (C(OH)–C–C–N with tert-alkyl or cyclic N) is 2. The van der Waals surface area contributed by atoms with Gasteiger partial charge in [0.05, 0.1) is 6.54 Å². The fourth-order valence-corrected chi connectivity index (χ4v) is 4.28. The van der Waals surface area contributed by atoms with Crippen LogP contribution in [-0.2, 0) is 11.2 Å². The number of benzene rings is 1. The smallest absolute Gasteiger partial charge is 0.223 e. The Bertz CT molecular complexity index is 603. The van der Waals surface area contributed by atoms with Crippen LogP contribution in [0.2, 0.25) is 0 Å². The van der Waals surface area contributed by atoms with Crippen molar-refractivity contribution in [3.8, 4) is 0 Å². The third kappa shape index (κ3) is 5.29. The maximum atomic E-state index is 12.5. The molecule has 2 aliphatic heterocycles. The van der Waals surface area contributed by atoms with Gasteiger partial charge < -0.3 is 25.1 Å². The predicted molar refractivity (Wildman–Crippen MR) is 103 cm³/mol. The lowest BCUT2D eigenvalue weighted by molar-refractivity contribution is -0.131. The minimum absolute atomic E-state index is 0.0181. The highest BCUT2D eigenvalue weighted by Crippen LogP contribution is 2.27. The zero-order valence-electron chi connectivity index (χ0n) is 16.0. The van der Waals surface area contributed by atoms with Gasteiger partial charge in [0.2, 0.25) is 5.91 Å². The third-order valence-electron chi connectivity index (χ3n) is 6.04. The molecular weight excluding hydrogens is 344 g/mol. The van der Waals surface area contributed by atoms with Crippen LogP contribution in [0.1, 0.15) is 31.2 Å². The van der Waals surface area contributed by atoms with E-state index in [1.807, 2.05) is 30.3 Å². The number of hydrogen-bond donors (Lipinski definition) is 3. The minimum Gasteiger partial charge on any atom is -0.396 e. The van der Waals surface area contributed by atoms with Gasteiger partial charge in [-0.1, -0.05) is 30.3 Å². The number of aliphatic hydroxyl groups is 3. The highest BCUT2D eigenvalue weighted by molar-refractivity contribution is 5.77. The second-order valence-electron chi connectivity index (χ2n) is 8.11. The number of nitrogens with zero attached hydrogens (tertiary/aromatic N) is 2. The Morgan fingerprint density at radius 2 is 1.89 bits per heavy atom. The lowest BCUT2D eigenvalue weighted by Crippen LogP contribution is -2.53. The third-order valence-corrected chi connectivity index (χ3v) is 6.04. The second-order valence-corrected chi connectivity index (χ2v) is 8.11. The highest BCUT2D eigenvalue weighted by Gasteiger charge is 2.47. The van der Waals surface area contributed by atoms with E-state index >= 15 is 0 Å². The molecule has 6 nitrogen and oxygen atoms in total. The summed E-state index contributed by atoms with van der Waals surface area (Å²) in [7, 11) is 0. The Kier molecular flexibility index (Phi) is 6.87. The molecule has 0 aromatic heterocycles. The molecule has 150 valence electrons. The molecule has 0 saturated carbocycles. The Morgan fingerprint density at radius 1 is 1.19 bits per heavy atom. The molecule has 27 heavy (non-hydrogen) atoms. The van der Waals surface area contributed by atoms with Crippen LogP contribution in [0.3, 0.4) is 0 Å². The number of likely N-dealkylation sites (tertiary alicyclic amines) is 2. The van der Waals surface area contributed by atoms with Crippen LogP contribution in [0.15, 0.2) is 30.3 Å². The molecule has 2 saturated heterocycles. The van der Waals surface area contributed by atoms with E-state index in [-0.39, 0.29) is 25.6 Å². The monoisotopic (exact) mass is 376 g/mol. The van der Waals surface area contributed by atoms with Gasteiger partial charge in [-0.25, -0.2) is 0 Å². The van der Waals surface area contributed by atoms with Crippen molar-refractivity contribution < 1.29 is 20.1 Å². The zero-order chi connectivity index (χ0) is 19.3. The van der Waals surface area contributed by atoms with Gasteiger partial charge in [0.1, 0.15) is 11.7 Å². The van der Waals surface area contributed by atoms with Crippen LogP contribution in [0.25, 0.3) is 0 Å². The molecule has 1 amide bonds. The Hall–Kier alpha value is -1.47. The van der Waals surface area contributed by atoms with Gasteiger partial charge in [0.25, 0.3) is 0 Å². The van der Waals surface area contributed by atoms with Gasteiger partial charge in [-0.05, 0) is 50.3 Å². The molecule has 0 aliphatic carbocycles. The van der Waals surface area contributed by atoms with E-state index in [9.17, 15) is 15.0 Å². The summed E-state index contributed by atoms with van der Waals surface area (Å²) < 4.78 is 0. The van der Waals surface area contributed by atoms with Gasteiger partial charge >= 0.3 is 0 Å². The predicted octanol–water partition coefficient (Wildman–Crippen LogP) is 0.648. The van der Waals surface area contributed by atoms with Gasteiger partial charge in [0.15, 0.2) is 0 Å². The van der Waals surface area contributed by atoms with Crippen molar-refractivity contribution in [2.45, 2.75) is 43.8 Å². The molecule has 2 fully saturated rings. The van der Waals surface area contributed by atoms with Crippen molar-refractivity contribution in [1.82, 2.24) is 9.80 Å². The maximum Gasteiger partial charge on any atom is 0.223 e. The Morgan fingerprint density at radius 3 is 2.56 bits per heavy atom. The summed E-state index contributed by atoms with van der Waals surface area (Å²) in [5.74, 6) is 0.529. The molecule has 1 aromatic carbocycles. The van der Waals surface area contributed by atoms with E-state index in [0.717, 1.165) is 37.9 Å². The van der Waals surface area contributed by atoms with Gasteiger partial charge in [-0.2, -0.15) is 0 Å². The molecule has 6 heteroatoms. The molecule has 0 radical (unpaired) electrons. The van der Waals surface area contributed by atoms with Crippen molar-refractivity contribution in [2.24, 2.45) is 5.92 Å². The fourth-order valence-electron chi connectivity index (χ4n) is 4.28. The highest BCUT2D eigenvalue weighted by atomic mass is 16.3. The first-order valence-corrected chi connectivity index (χ1v) is 10.1. The number of piperidine rings is 1. The first kappa shape index (κ1) is 20.3. The summed E-state index contributed by atoms with van der Waals surface area (Å²) in [6.07, 6.45) is 3.00. The molecule has 0 unspecified atom stereocenters. The van der Waals surface area contributed by atoms with E-state index in [4.69, 9.17) is 5.11 Å². The van der Waals surface area contributed by atoms with Crippen LogP contribution >= 0.6 is 0 Å². The maximum absolute atomic E-state index is 12.5. The minimum atomic E-state index is -1.26. The van der Waals surface area contributed by atoms with Crippen LogP contribution in [0.4, 0.5) is 0 Å². The number of amides is 1. The molecule has 0 bridgehead atoms. The number of rotatable bonds is 7. The van der Waals surface area contributed by atoms with Crippen molar-refractivity contribution in [2.75, 3.05) is 39.3 Å². The van der Waals surface area contributed by atoms with E-state index < -0.39 is 11.7 Å². The SMILES string of the molecule is O=C(CCc1ccccc1)N1C[C@@H](O)[C@](O)(CN2CCC(CCO)CC2)C1. The normalized spacial score (nSPS) is 27.2. The number of carbonyl (C=O) groups excluding carboxylic acids is 1. The van der Waals surface area contributed by atoms with Crippen LogP contribution in [-0.4, -0.2) is 82.1 Å². The quantitative estimate of drug-likeness (QED) is 0.651. The molecule has 2 aliphatic rings. The number of aryl methyl sites for hydroxylation is 1. The Labute approximate surface area is 161 Å². The average molecular weight is 376 g/mol. The molecule has 1 aromatic rings. The summed E-state index contributed by atoms with van der Waals surface area (Å²) in [4.78, 5) is 16.3. The second kappa shape index (κ2) is 9.15. The van der Waals surface area contributed by atoms with Gasteiger partial charge in [-0.3, -0.25) is 4.79 Å². The van der Waals surface area contributed by atoms with Gasteiger partial charge in [0, 0.05) is 26.1 Å². The first-order valence-electron chi connectivity index (χ1n) is 10.1. The number of aliphatic hydroxyl groups excluding tert-OH is 2. The summed E-state index contributed by atoms with van der Waals surface area (Å²) in [5.41, 5.74) is -0.140. The lowest BCUT2D eigenvalue weighted by atomic mass is 9.92. The summed E-state index contributed by atoms with van der Waals surface area (Å²) in [5, 5.41) is 30.4. The fraction of sp³-hybridized carbons (Fsp3) is 0.667. The molecule has 0 spiro atoms. The number of hydrogen-bond acceptors (Lipinski definition) is 5. The lowest BCUT2D eigenvalue weighted by Gasteiger charge is -2.37. The zero-order valence-corrected chi connectivity index (χ0v) is 16.0. The average Bonchev–Trinajstić information content (AvgIpc) is 2.97. The molecular formula is C21H32N2O4. The topological polar surface area (TPSA) is 84.2 Å². The van der Waals surface area contributed by atoms with E-state index in [0.29, 0.717) is 25.3 Å². The molecule has 2 heterocycles. The molecule has 3 N–H and O–H groups in total. The summed E-state index contributed by atoms with van der Waals surface area (Å²) >= 11 is 0. The van der Waals surface area contributed by atoms with Gasteiger partial charge in [-0.15, -0.1) is 0 Å². The van der Waals surface area contributed by atoms with E-state index in [1.54, 1.807) is 4.90 Å². The Balaban J connectivity index is 1.48. The van der Waals surface area contributed by atoms with Crippen molar-refractivity contribution in [1.29, 1.82) is 0 Å². The number of carbonyl (C=O) groups is 1. The van der Waals surface area contributed by atoms with E-state index in [2.05, 4.69) is 4.90 Å². The largest absolute Gasteiger partial charge is 0.396 e. The van der Waals surface area contributed by atoms with Crippen LogP contribution < -0.4 is 0 Å². The van der Waals surface area contributed by atoms with E-state index in [1.165, 1.54) is 0 Å². The van der Waals surface area contributed by atoms with Crippen molar-refractivity contribution in [3.63, 3.8) is 0 Å². The standard InChI is InChI=1S/C21H32N2O4/c24-13-10-18-8-11-22(12-9-18)15-21(27)16-23(14-19(21)25)20(26)7-6-17-4-2-1-3-5-17/h1-5,18-19,24-25,27H,6-16H2/t19-,21+/m1/s1. The van der Waals surface area contributed by atoms with Crippen molar-refractivity contribution in [3.05, 3.63) is 35.9 Å².